The second-order valence-corrected chi connectivity index (χ2v) is 6.00. The molecule has 1 aliphatic heterocycles. The summed E-state index contributed by atoms with van der Waals surface area (Å²) in [6.07, 6.45) is 1.99. The highest BCUT2D eigenvalue weighted by Gasteiger charge is 2.21. The first-order valence-electron chi connectivity index (χ1n) is 7.88. The van der Waals surface area contributed by atoms with Crippen LogP contribution in [0.3, 0.4) is 0 Å². The van der Waals surface area contributed by atoms with E-state index in [1.165, 1.54) is 18.5 Å². The molecule has 2 aromatic rings. The zero-order valence-corrected chi connectivity index (χ0v) is 13.2. The quantitative estimate of drug-likeness (QED) is 0.925. The van der Waals surface area contributed by atoms with Gasteiger partial charge in [0, 0.05) is 42.9 Å². The number of aromatic amines is 1. The highest BCUT2D eigenvalue weighted by Crippen LogP contribution is 2.17. The monoisotopic (exact) mass is 335 g/mol. The molecule has 0 spiro atoms. The summed E-state index contributed by atoms with van der Waals surface area (Å²) < 4.78 is 32.8. The zero-order valence-electron chi connectivity index (χ0n) is 13.2. The fraction of sp³-hybridized carbons (Fsp3) is 0.412. The van der Waals surface area contributed by atoms with Crippen molar-refractivity contribution in [1.82, 2.24) is 14.9 Å². The number of nitrogens with zero attached hydrogens (tertiary/aromatic N) is 2. The van der Waals surface area contributed by atoms with E-state index in [9.17, 15) is 13.6 Å². The molecule has 1 aliphatic rings. The summed E-state index contributed by atoms with van der Waals surface area (Å²) >= 11 is 0. The number of ether oxygens (including phenoxy) is 1. The van der Waals surface area contributed by atoms with Crippen molar-refractivity contribution in [3.8, 4) is 0 Å². The van der Waals surface area contributed by atoms with E-state index in [-0.39, 0.29) is 11.5 Å². The van der Waals surface area contributed by atoms with Gasteiger partial charge in [0.2, 0.25) is 0 Å². The maximum atomic E-state index is 13.9. The van der Waals surface area contributed by atoms with Crippen molar-refractivity contribution in [3.63, 3.8) is 0 Å². The van der Waals surface area contributed by atoms with Crippen molar-refractivity contribution >= 4 is 0 Å². The van der Waals surface area contributed by atoms with Gasteiger partial charge in [0.05, 0.1) is 19.5 Å². The normalized spacial score (nSPS) is 19.2. The van der Waals surface area contributed by atoms with Crippen LogP contribution in [-0.2, 0) is 17.7 Å². The lowest BCUT2D eigenvalue weighted by atomic mass is 10.0. The first kappa shape index (κ1) is 16.7. The lowest BCUT2D eigenvalue weighted by Gasteiger charge is -2.23. The SMILES string of the molecule is O=c1cc(CC2COCCN(Cc3cccc(F)c3F)C2)nc[nH]1. The van der Waals surface area contributed by atoms with E-state index >= 15 is 0 Å². The van der Waals surface area contributed by atoms with Gasteiger partial charge in [0.15, 0.2) is 11.6 Å². The molecule has 0 radical (unpaired) electrons. The van der Waals surface area contributed by atoms with Crippen LogP contribution in [0.5, 0.6) is 0 Å². The Bertz CT molecular complexity index is 751. The Morgan fingerprint density at radius 1 is 1.38 bits per heavy atom. The summed E-state index contributed by atoms with van der Waals surface area (Å²) in [7, 11) is 0. The van der Waals surface area contributed by atoms with E-state index in [1.54, 1.807) is 6.07 Å². The first-order chi connectivity index (χ1) is 11.6. The lowest BCUT2D eigenvalue weighted by Crippen LogP contribution is -2.31. The molecular weight excluding hydrogens is 316 g/mol. The summed E-state index contributed by atoms with van der Waals surface area (Å²) in [6, 6.07) is 5.70. The van der Waals surface area contributed by atoms with Gasteiger partial charge in [0.25, 0.3) is 5.56 Å². The third kappa shape index (κ3) is 4.24. The minimum atomic E-state index is -0.831. The number of hydrogen-bond donors (Lipinski definition) is 1. The molecule has 128 valence electrons. The van der Waals surface area contributed by atoms with Gasteiger partial charge in [-0.15, -0.1) is 0 Å². The molecule has 0 aliphatic carbocycles. The van der Waals surface area contributed by atoms with Gasteiger partial charge >= 0.3 is 0 Å². The predicted octanol–water partition coefficient (Wildman–Crippen LogP) is 1.74. The Kier molecular flexibility index (Phi) is 5.32. The van der Waals surface area contributed by atoms with E-state index < -0.39 is 11.6 Å². The summed E-state index contributed by atoms with van der Waals surface area (Å²) in [4.78, 5) is 20.1. The summed E-state index contributed by atoms with van der Waals surface area (Å²) in [5, 5.41) is 0. The van der Waals surface area contributed by atoms with Gasteiger partial charge in [-0.2, -0.15) is 0 Å². The molecule has 1 N–H and O–H groups in total. The summed E-state index contributed by atoms with van der Waals surface area (Å²) in [6.45, 7) is 2.73. The highest BCUT2D eigenvalue weighted by atomic mass is 19.2. The maximum Gasteiger partial charge on any atom is 0.250 e. The second-order valence-electron chi connectivity index (χ2n) is 6.00. The lowest BCUT2D eigenvalue weighted by molar-refractivity contribution is 0.121. The number of halogens is 2. The average Bonchev–Trinajstić information content (AvgIpc) is 2.77. The molecular formula is C17H19F2N3O2. The standard InChI is InChI=1S/C17H19F2N3O2/c18-15-3-1-2-13(17(15)19)9-22-4-5-24-10-12(8-22)6-14-7-16(23)21-11-20-14/h1-3,7,11-12H,4-6,8-10H2,(H,20,21,23). The van der Waals surface area contributed by atoms with Crippen LogP contribution in [-0.4, -0.2) is 41.2 Å². The molecule has 1 fully saturated rings. The average molecular weight is 335 g/mol. The molecule has 1 saturated heterocycles. The van der Waals surface area contributed by atoms with Gasteiger partial charge in [-0.05, 0) is 12.5 Å². The Morgan fingerprint density at radius 2 is 2.25 bits per heavy atom. The largest absolute Gasteiger partial charge is 0.380 e. The van der Waals surface area contributed by atoms with Crippen LogP contribution in [0.4, 0.5) is 8.78 Å². The van der Waals surface area contributed by atoms with Crippen LogP contribution in [0.2, 0.25) is 0 Å². The molecule has 1 atom stereocenters. The smallest absolute Gasteiger partial charge is 0.250 e. The van der Waals surface area contributed by atoms with Gasteiger partial charge in [-0.25, -0.2) is 13.8 Å². The summed E-state index contributed by atoms with van der Waals surface area (Å²) in [5.74, 6) is -1.49. The van der Waals surface area contributed by atoms with Gasteiger partial charge < -0.3 is 9.72 Å². The molecule has 0 amide bonds. The van der Waals surface area contributed by atoms with Crippen LogP contribution >= 0.6 is 0 Å². The molecule has 0 bridgehead atoms. The van der Waals surface area contributed by atoms with Gasteiger partial charge in [0.1, 0.15) is 0 Å². The third-order valence-electron chi connectivity index (χ3n) is 4.08. The van der Waals surface area contributed by atoms with Gasteiger partial charge in [-0.1, -0.05) is 12.1 Å². The Morgan fingerprint density at radius 3 is 3.08 bits per heavy atom. The van der Waals surface area contributed by atoms with Gasteiger partial charge in [-0.3, -0.25) is 9.69 Å². The van der Waals surface area contributed by atoms with E-state index in [1.807, 2.05) is 4.90 Å². The van der Waals surface area contributed by atoms with E-state index in [0.717, 1.165) is 6.07 Å². The van der Waals surface area contributed by atoms with Crippen molar-refractivity contribution in [3.05, 3.63) is 63.8 Å². The number of rotatable bonds is 4. The van der Waals surface area contributed by atoms with Crippen LogP contribution in [0, 0.1) is 17.6 Å². The number of hydrogen-bond acceptors (Lipinski definition) is 4. The Balaban J connectivity index is 1.68. The first-order valence-corrected chi connectivity index (χ1v) is 7.88. The van der Waals surface area contributed by atoms with Crippen molar-refractivity contribution in [2.24, 2.45) is 5.92 Å². The maximum absolute atomic E-state index is 13.9. The number of aromatic nitrogens is 2. The van der Waals surface area contributed by atoms with Crippen LogP contribution in [0.25, 0.3) is 0 Å². The van der Waals surface area contributed by atoms with Crippen molar-refractivity contribution in [1.29, 1.82) is 0 Å². The number of nitrogens with one attached hydrogen (secondary N) is 1. The summed E-state index contributed by atoms with van der Waals surface area (Å²) in [5.41, 5.74) is 0.851. The second kappa shape index (κ2) is 7.63. The zero-order chi connectivity index (χ0) is 16.9. The molecule has 7 heteroatoms. The molecule has 0 saturated carbocycles. The Labute approximate surface area is 138 Å². The molecule has 2 heterocycles. The van der Waals surface area contributed by atoms with Crippen LogP contribution < -0.4 is 5.56 Å². The number of benzene rings is 1. The van der Waals surface area contributed by atoms with E-state index in [2.05, 4.69) is 9.97 Å². The molecule has 3 rings (SSSR count). The van der Waals surface area contributed by atoms with Crippen molar-refractivity contribution in [2.75, 3.05) is 26.3 Å². The fourth-order valence-corrected chi connectivity index (χ4v) is 2.95. The third-order valence-corrected chi connectivity index (χ3v) is 4.08. The van der Waals surface area contributed by atoms with Crippen LogP contribution in [0.15, 0.2) is 35.4 Å². The molecule has 5 nitrogen and oxygen atoms in total. The number of H-pyrrole nitrogens is 1. The highest BCUT2D eigenvalue weighted by molar-refractivity contribution is 5.18. The fourth-order valence-electron chi connectivity index (χ4n) is 2.95. The molecule has 24 heavy (non-hydrogen) atoms. The molecule has 1 aromatic carbocycles. The topological polar surface area (TPSA) is 58.2 Å². The van der Waals surface area contributed by atoms with Crippen LogP contribution in [0.1, 0.15) is 11.3 Å². The van der Waals surface area contributed by atoms with Crippen molar-refractivity contribution < 1.29 is 13.5 Å². The van der Waals surface area contributed by atoms with E-state index in [4.69, 9.17) is 4.74 Å². The van der Waals surface area contributed by atoms with Crippen molar-refractivity contribution in [2.45, 2.75) is 13.0 Å². The molecule has 1 unspecified atom stereocenters. The molecule has 1 aromatic heterocycles. The minimum absolute atomic E-state index is 0.137. The van der Waals surface area contributed by atoms with E-state index in [0.29, 0.717) is 50.5 Å². The Hall–Kier alpha value is -2.12. The minimum Gasteiger partial charge on any atom is -0.380 e. The predicted molar refractivity (Wildman–Crippen MR) is 84.5 cm³/mol.